The number of nitrogens with one attached hydrogen (secondary N) is 1. The van der Waals surface area contributed by atoms with Crippen molar-refractivity contribution in [3.05, 3.63) is 77.4 Å². The molecule has 0 aromatic heterocycles. The number of carbonyl (C=O) groups is 2. The van der Waals surface area contributed by atoms with E-state index in [1.165, 1.54) is 11.1 Å². The lowest BCUT2D eigenvalue weighted by atomic mass is 9.86. The Morgan fingerprint density at radius 3 is 2.59 bits per heavy atom. The van der Waals surface area contributed by atoms with Gasteiger partial charge in [-0.05, 0) is 61.4 Å². The van der Waals surface area contributed by atoms with Gasteiger partial charge in [-0.15, -0.1) is 6.58 Å². The van der Waals surface area contributed by atoms with Crippen LogP contribution in [0.4, 0.5) is 0 Å². The second-order valence-corrected chi connectivity index (χ2v) is 9.49. The Bertz CT molecular complexity index is 1020. The van der Waals surface area contributed by atoms with Gasteiger partial charge in [-0.2, -0.15) is 0 Å². The minimum absolute atomic E-state index is 0.131. The van der Waals surface area contributed by atoms with E-state index in [2.05, 4.69) is 54.1 Å². The summed E-state index contributed by atoms with van der Waals surface area (Å²) in [7, 11) is 0. The van der Waals surface area contributed by atoms with Gasteiger partial charge in [0.05, 0.1) is 6.04 Å². The maximum absolute atomic E-state index is 13.6. The lowest BCUT2D eigenvalue weighted by molar-refractivity contribution is -0.137. The van der Waals surface area contributed by atoms with Crippen molar-refractivity contribution in [3.63, 3.8) is 0 Å². The molecule has 2 aliphatic rings. The third kappa shape index (κ3) is 5.19. The number of ether oxygens (including phenoxy) is 1. The van der Waals surface area contributed by atoms with Crippen molar-refractivity contribution in [1.29, 1.82) is 0 Å². The molecule has 2 amide bonds. The van der Waals surface area contributed by atoms with Gasteiger partial charge in [0.2, 0.25) is 5.91 Å². The number of nitrogens with zero attached hydrogens (tertiary/aromatic N) is 1. The van der Waals surface area contributed by atoms with Crippen molar-refractivity contribution in [2.24, 2.45) is 5.92 Å². The first-order valence-corrected chi connectivity index (χ1v) is 12.6. The number of aryl methyl sites for hydroxylation is 1. The molecule has 1 N–H and O–H groups in total. The number of rotatable bonds is 8. The van der Waals surface area contributed by atoms with E-state index in [9.17, 15) is 9.59 Å². The number of hydrogen-bond acceptors (Lipinski definition) is 3. The van der Waals surface area contributed by atoms with Crippen molar-refractivity contribution in [1.82, 2.24) is 10.2 Å². The third-order valence-electron chi connectivity index (χ3n) is 7.09. The molecule has 1 aliphatic heterocycles. The van der Waals surface area contributed by atoms with Crippen LogP contribution in [-0.4, -0.2) is 35.9 Å². The molecule has 2 atom stereocenters. The van der Waals surface area contributed by atoms with Crippen molar-refractivity contribution in [2.45, 2.75) is 64.5 Å². The Morgan fingerprint density at radius 2 is 1.91 bits per heavy atom. The quantitative estimate of drug-likeness (QED) is 0.557. The summed E-state index contributed by atoms with van der Waals surface area (Å²) < 4.78 is 6.14. The first-order valence-electron chi connectivity index (χ1n) is 12.6. The Balaban J connectivity index is 1.67. The summed E-state index contributed by atoms with van der Waals surface area (Å²) in [5.74, 6) is 0.919. The van der Waals surface area contributed by atoms with Crippen LogP contribution in [0.5, 0.6) is 5.75 Å². The topological polar surface area (TPSA) is 58.6 Å². The molecule has 0 spiro atoms. The van der Waals surface area contributed by atoms with E-state index >= 15 is 0 Å². The first-order chi connectivity index (χ1) is 16.5. The standard InChI is InChI=1S/C29H36N2O3/c1-4-17-30-28(32)26(5-2)34-24-15-14-21-16-18-31(29(33)23-8-6-7-9-23)27(25(21)19-24)22-12-10-20(3)11-13-22/h4,10-15,19,23,26-27H,1,5-9,16-18H2,2-3H3,(H,30,32). The molecule has 4 rings (SSSR count). The Kier molecular flexibility index (Phi) is 7.71. The van der Waals surface area contributed by atoms with Gasteiger partial charge in [-0.1, -0.05) is 61.7 Å². The van der Waals surface area contributed by atoms with E-state index in [4.69, 9.17) is 4.74 Å². The molecule has 2 aromatic rings. The van der Waals surface area contributed by atoms with Gasteiger partial charge in [-0.3, -0.25) is 9.59 Å². The molecule has 34 heavy (non-hydrogen) atoms. The lowest BCUT2D eigenvalue weighted by Crippen LogP contribution is -2.43. The molecular formula is C29H36N2O3. The van der Waals surface area contributed by atoms with E-state index in [1.807, 2.05) is 19.1 Å². The van der Waals surface area contributed by atoms with E-state index in [1.54, 1.807) is 6.08 Å². The van der Waals surface area contributed by atoms with E-state index in [-0.39, 0.29) is 23.8 Å². The molecule has 180 valence electrons. The van der Waals surface area contributed by atoms with Crippen LogP contribution >= 0.6 is 0 Å². The van der Waals surface area contributed by atoms with Crippen molar-refractivity contribution < 1.29 is 14.3 Å². The number of carbonyl (C=O) groups excluding carboxylic acids is 2. The molecule has 5 nitrogen and oxygen atoms in total. The monoisotopic (exact) mass is 460 g/mol. The largest absolute Gasteiger partial charge is 0.481 e. The molecule has 1 fully saturated rings. The Labute approximate surface area is 203 Å². The molecule has 2 unspecified atom stereocenters. The van der Waals surface area contributed by atoms with Gasteiger partial charge in [0.15, 0.2) is 6.10 Å². The van der Waals surface area contributed by atoms with Crippen LogP contribution in [0.15, 0.2) is 55.1 Å². The Hall–Kier alpha value is -3.08. The first kappa shape index (κ1) is 24.1. The van der Waals surface area contributed by atoms with Gasteiger partial charge in [0, 0.05) is 19.0 Å². The van der Waals surface area contributed by atoms with Crippen LogP contribution < -0.4 is 10.1 Å². The highest BCUT2D eigenvalue weighted by Crippen LogP contribution is 2.40. The molecule has 1 saturated carbocycles. The van der Waals surface area contributed by atoms with E-state index in [0.29, 0.717) is 18.7 Å². The average molecular weight is 461 g/mol. The summed E-state index contributed by atoms with van der Waals surface area (Å²) in [5, 5.41) is 2.82. The summed E-state index contributed by atoms with van der Waals surface area (Å²) in [6, 6.07) is 14.4. The molecule has 0 bridgehead atoms. The Morgan fingerprint density at radius 1 is 1.18 bits per heavy atom. The molecule has 2 aromatic carbocycles. The molecule has 5 heteroatoms. The summed E-state index contributed by atoms with van der Waals surface area (Å²) >= 11 is 0. The highest BCUT2D eigenvalue weighted by atomic mass is 16.5. The fourth-order valence-corrected chi connectivity index (χ4v) is 5.19. The minimum atomic E-state index is -0.573. The highest BCUT2D eigenvalue weighted by molar-refractivity contribution is 5.81. The second kappa shape index (κ2) is 10.9. The van der Waals surface area contributed by atoms with Gasteiger partial charge in [-0.25, -0.2) is 0 Å². The van der Waals surface area contributed by atoms with Crippen LogP contribution in [0, 0.1) is 12.8 Å². The van der Waals surface area contributed by atoms with Crippen LogP contribution in [-0.2, 0) is 16.0 Å². The van der Waals surface area contributed by atoms with Crippen LogP contribution in [0.3, 0.4) is 0 Å². The lowest BCUT2D eigenvalue weighted by Gasteiger charge is -2.39. The van der Waals surface area contributed by atoms with Crippen LogP contribution in [0.2, 0.25) is 0 Å². The molecule has 1 aliphatic carbocycles. The van der Waals surface area contributed by atoms with Crippen molar-refractivity contribution >= 4 is 11.8 Å². The normalized spacial score (nSPS) is 18.8. The van der Waals surface area contributed by atoms with Crippen molar-refractivity contribution in [2.75, 3.05) is 13.1 Å². The zero-order chi connectivity index (χ0) is 24.1. The van der Waals surface area contributed by atoms with E-state index in [0.717, 1.165) is 49.8 Å². The summed E-state index contributed by atoms with van der Waals surface area (Å²) in [6.07, 6.45) is 6.73. The number of benzene rings is 2. The average Bonchev–Trinajstić information content (AvgIpc) is 3.40. The third-order valence-corrected chi connectivity index (χ3v) is 7.09. The SMILES string of the molecule is C=CCNC(=O)C(CC)Oc1ccc2c(c1)C(c1ccc(C)cc1)N(C(=O)C1CCCC1)CC2. The maximum Gasteiger partial charge on any atom is 0.261 e. The summed E-state index contributed by atoms with van der Waals surface area (Å²) in [5.41, 5.74) is 4.64. The zero-order valence-electron chi connectivity index (χ0n) is 20.4. The van der Waals surface area contributed by atoms with E-state index < -0.39 is 6.10 Å². The van der Waals surface area contributed by atoms with Crippen LogP contribution in [0.25, 0.3) is 0 Å². The molecule has 0 radical (unpaired) electrons. The molecular weight excluding hydrogens is 424 g/mol. The zero-order valence-corrected chi connectivity index (χ0v) is 20.4. The van der Waals surface area contributed by atoms with Gasteiger partial charge in [0.25, 0.3) is 5.91 Å². The van der Waals surface area contributed by atoms with Gasteiger partial charge in [0.1, 0.15) is 5.75 Å². The predicted molar refractivity (Wildman–Crippen MR) is 135 cm³/mol. The summed E-state index contributed by atoms with van der Waals surface area (Å²) in [4.78, 5) is 28.2. The number of fused-ring (bicyclic) bond motifs is 1. The molecule has 0 saturated heterocycles. The maximum atomic E-state index is 13.6. The predicted octanol–water partition coefficient (Wildman–Crippen LogP) is 5.12. The number of hydrogen-bond donors (Lipinski definition) is 1. The van der Waals surface area contributed by atoms with Crippen LogP contribution in [0.1, 0.15) is 67.3 Å². The number of amides is 2. The second-order valence-electron chi connectivity index (χ2n) is 9.49. The summed E-state index contributed by atoms with van der Waals surface area (Å²) in [6.45, 7) is 8.81. The smallest absolute Gasteiger partial charge is 0.261 e. The fourth-order valence-electron chi connectivity index (χ4n) is 5.19. The van der Waals surface area contributed by atoms with Gasteiger partial charge >= 0.3 is 0 Å². The minimum Gasteiger partial charge on any atom is -0.481 e. The fraction of sp³-hybridized carbons (Fsp3) is 0.448. The highest BCUT2D eigenvalue weighted by Gasteiger charge is 2.36. The van der Waals surface area contributed by atoms with Crippen molar-refractivity contribution in [3.8, 4) is 5.75 Å². The molecule has 1 heterocycles. The van der Waals surface area contributed by atoms with Gasteiger partial charge < -0.3 is 15.0 Å².